The zero-order chi connectivity index (χ0) is 12.6. The van der Waals surface area contributed by atoms with E-state index in [-0.39, 0.29) is 11.4 Å². The Kier molecular flexibility index (Phi) is 7.44. The quantitative estimate of drug-likeness (QED) is 0.460. The molecular weight excluding hydrogens is 200 g/mol. The van der Waals surface area contributed by atoms with E-state index in [2.05, 4.69) is 20.8 Å². The Hall–Kier alpha value is -0.530. The summed E-state index contributed by atoms with van der Waals surface area (Å²) in [6.45, 7) is 10.8. The van der Waals surface area contributed by atoms with Crippen LogP contribution < -0.4 is 0 Å². The van der Waals surface area contributed by atoms with Crippen LogP contribution >= 0.6 is 0 Å². The predicted octanol–water partition coefficient (Wildman–Crippen LogP) is 4.18. The second-order valence-electron chi connectivity index (χ2n) is 5.69. The summed E-state index contributed by atoms with van der Waals surface area (Å²) >= 11 is 0. The topological polar surface area (TPSA) is 26.3 Å². The average molecular weight is 228 g/mol. The van der Waals surface area contributed by atoms with Crippen LogP contribution in [0, 0.1) is 11.3 Å². The van der Waals surface area contributed by atoms with E-state index >= 15 is 0 Å². The number of hydrogen-bond donors (Lipinski definition) is 0. The summed E-state index contributed by atoms with van der Waals surface area (Å²) < 4.78 is 5.29. The van der Waals surface area contributed by atoms with Crippen molar-refractivity contribution in [3.63, 3.8) is 0 Å². The number of unbranched alkanes of at least 4 members (excludes halogenated alkanes) is 3. The van der Waals surface area contributed by atoms with Crippen LogP contribution in [0.1, 0.15) is 66.7 Å². The summed E-state index contributed by atoms with van der Waals surface area (Å²) in [4.78, 5) is 11.8. The van der Waals surface area contributed by atoms with Crippen molar-refractivity contribution in [3.05, 3.63) is 0 Å². The molecule has 0 aromatic rings. The maximum Gasteiger partial charge on any atom is 0.311 e. The Morgan fingerprint density at radius 2 is 1.81 bits per heavy atom. The summed E-state index contributed by atoms with van der Waals surface area (Å²) in [7, 11) is 0. The lowest BCUT2D eigenvalue weighted by Gasteiger charge is -2.23. The predicted molar refractivity (Wildman–Crippen MR) is 68.3 cm³/mol. The van der Waals surface area contributed by atoms with Gasteiger partial charge < -0.3 is 4.74 Å². The molecule has 16 heavy (non-hydrogen) atoms. The molecule has 0 spiro atoms. The van der Waals surface area contributed by atoms with Gasteiger partial charge in [-0.15, -0.1) is 0 Å². The molecule has 0 atom stereocenters. The molecule has 0 aromatic carbocycles. The molecule has 2 heteroatoms. The lowest BCUT2D eigenvalue weighted by molar-refractivity contribution is -0.155. The third-order valence-electron chi connectivity index (χ3n) is 2.76. The number of esters is 1. The number of ether oxygens (including phenoxy) is 1. The van der Waals surface area contributed by atoms with E-state index in [1.807, 2.05) is 13.8 Å². The van der Waals surface area contributed by atoms with Crippen LogP contribution in [0.3, 0.4) is 0 Å². The van der Waals surface area contributed by atoms with Crippen LogP contribution in [-0.2, 0) is 9.53 Å². The van der Waals surface area contributed by atoms with Crippen molar-refractivity contribution in [2.24, 2.45) is 11.3 Å². The second-order valence-corrected chi connectivity index (χ2v) is 5.69. The van der Waals surface area contributed by atoms with E-state index in [4.69, 9.17) is 4.74 Å². The lowest BCUT2D eigenvalue weighted by atomic mass is 9.87. The van der Waals surface area contributed by atoms with Crippen LogP contribution in [0.4, 0.5) is 0 Å². The van der Waals surface area contributed by atoms with Crippen molar-refractivity contribution < 1.29 is 9.53 Å². The normalized spacial score (nSPS) is 11.9. The summed E-state index contributed by atoms with van der Waals surface area (Å²) in [6, 6.07) is 0. The van der Waals surface area contributed by atoms with Gasteiger partial charge >= 0.3 is 5.97 Å². The molecule has 0 aliphatic heterocycles. The minimum absolute atomic E-state index is 0.0438. The van der Waals surface area contributed by atoms with Crippen molar-refractivity contribution >= 4 is 5.97 Å². The highest BCUT2D eigenvalue weighted by Gasteiger charge is 2.28. The smallest absolute Gasteiger partial charge is 0.311 e. The Labute approximate surface area is 101 Å². The first-order valence-corrected chi connectivity index (χ1v) is 6.57. The van der Waals surface area contributed by atoms with E-state index in [0.717, 1.165) is 12.8 Å². The van der Waals surface area contributed by atoms with E-state index < -0.39 is 0 Å². The summed E-state index contributed by atoms with van der Waals surface area (Å²) in [5.41, 5.74) is -0.317. The number of hydrogen-bond acceptors (Lipinski definition) is 2. The molecule has 0 aliphatic rings. The maximum absolute atomic E-state index is 11.8. The summed E-state index contributed by atoms with van der Waals surface area (Å²) in [5, 5.41) is 0. The van der Waals surface area contributed by atoms with Crippen LogP contribution in [0.15, 0.2) is 0 Å². The first-order valence-electron chi connectivity index (χ1n) is 6.57. The summed E-state index contributed by atoms with van der Waals surface area (Å²) in [6.07, 6.45) is 5.77. The Morgan fingerprint density at radius 1 is 1.19 bits per heavy atom. The zero-order valence-corrected chi connectivity index (χ0v) is 11.6. The van der Waals surface area contributed by atoms with Gasteiger partial charge in [-0.05, 0) is 26.2 Å². The first kappa shape index (κ1) is 15.5. The minimum atomic E-state index is -0.317. The van der Waals surface area contributed by atoms with Crippen molar-refractivity contribution in [1.82, 2.24) is 0 Å². The zero-order valence-electron chi connectivity index (χ0n) is 11.6. The van der Waals surface area contributed by atoms with Crippen molar-refractivity contribution in [3.8, 4) is 0 Å². The van der Waals surface area contributed by atoms with E-state index in [0.29, 0.717) is 12.5 Å². The van der Waals surface area contributed by atoms with Gasteiger partial charge in [0, 0.05) is 0 Å². The average Bonchev–Trinajstić information content (AvgIpc) is 2.20. The van der Waals surface area contributed by atoms with Gasteiger partial charge in [0.15, 0.2) is 0 Å². The van der Waals surface area contributed by atoms with Crippen LogP contribution in [0.5, 0.6) is 0 Å². The Balaban J connectivity index is 3.86. The molecule has 0 aromatic heterocycles. The standard InChI is InChI=1S/C14H28O2/c1-6-7-8-9-10-14(4,5)13(15)16-11-12(2)3/h12H,6-11H2,1-5H3. The van der Waals surface area contributed by atoms with Gasteiger partial charge in [0.2, 0.25) is 0 Å². The van der Waals surface area contributed by atoms with Gasteiger partial charge in [-0.3, -0.25) is 4.79 Å². The molecule has 0 aliphatic carbocycles. The van der Waals surface area contributed by atoms with Gasteiger partial charge in [-0.1, -0.05) is 46.5 Å². The molecular formula is C14H28O2. The maximum atomic E-state index is 11.8. The molecule has 0 bridgehead atoms. The molecule has 0 fully saturated rings. The molecule has 0 unspecified atom stereocenters. The Bertz CT molecular complexity index is 195. The first-order chi connectivity index (χ1) is 7.40. The van der Waals surface area contributed by atoms with Gasteiger partial charge in [-0.25, -0.2) is 0 Å². The second kappa shape index (κ2) is 7.70. The molecule has 0 amide bonds. The summed E-state index contributed by atoms with van der Waals surface area (Å²) in [5.74, 6) is 0.373. The van der Waals surface area contributed by atoms with Crippen LogP contribution in [-0.4, -0.2) is 12.6 Å². The molecule has 0 rings (SSSR count). The third kappa shape index (κ3) is 6.86. The highest BCUT2D eigenvalue weighted by atomic mass is 16.5. The number of carbonyl (C=O) groups excluding carboxylic acids is 1. The highest BCUT2D eigenvalue weighted by Crippen LogP contribution is 2.25. The highest BCUT2D eigenvalue weighted by molar-refractivity contribution is 5.75. The molecule has 96 valence electrons. The van der Waals surface area contributed by atoms with Crippen LogP contribution in [0.25, 0.3) is 0 Å². The fourth-order valence-electron chi connectivity index (χ4n) is 1.53. The third-order valence-corrected chi connectivity index (χ3v) is 2.76. The largest absolute Gasteiger partial charge is 0.465 e. The molecule has 0 N–H and O–H groups in total. The Morgan fingerprint density at radius 3 is 2.31 bits per heavy atom. The molecule has 0 saturated heterocycles. The monoisotopic (exact) mass is 228 g/mol. The molecule has 2 nitrogen and oxygen atoms in total. The van der Waals surface area contributed by atoms with Crippen molar-refractivity contribution in [2.45, 2.75) is 66.7 Å². The SMILES string of the molecule is CCCCCCC(C)(C)C(=O)OCC(C)C. The van der Waals surface area contributed by atoms with Gasteiger partial charge in [0.25, 0.3) is 0 Å². The van der Waals surface area contributed by atoms with E-state index in [1.165, 1.54) is 19.3 Å². The molecule has 0 radical (unpaired) electrons. The molecule has 0 heterocycles. The van der Waals surface area contributed by atoms with E-state index in [9.17, 15) is 4.79 Å². The van der Waals surface area contributed by atoms with Crippen molar-refractivity contribution in [2.75, 3.05) is 6.61 Å². The van der Waals surface area contributed by atoms with E-state index in [1.54, 1.807) is 0 Å². The fourth-order valence-corrected chi connectivity index (χ4v) is 1.53. The number of rotatable bonds is 8. The fraction of sp³-hybridized carbons (Fsp3) is 0.929. The van der Waals surface area contributed by atoms with Crippen LogP contribution in [0.2, 0.25) is 0 Å². The van der Waals surface area contributed by atoms with Gasteiger partial charge in [0.1, 0.15) is 0 Å². The van der Waals surface area contributed by atoms with Gasteiger partial charge in [-0.2, -0.15) is 0 Å². The lowest BCUT2D eigenvalue weighted by Crippen LogP contribution is -2.27. The number of carbonyl (C=O) groups is 1. The van der Waals surface area contributed by atoms with Crippen molar-refractivity contribution in [1.29, 1.82) is 0 Å². The minimum Gasteiger partial charge on any atom is -0.465 e. The van der Waals surface area contributed by atoms with Gasteiger partial charge in [0.05, 0.1) is 12.0 Å². The molecule has 0 saturated carbocycles.